The third kappa shape index (κ3) is 3.22. The van der Waals surface area contributed by atoms with E-state index in [0.29, 0.717) is 5.25 Å². The number of carbonyl (C=O) groups is 2. The van der Waals surface area contributed by atoms with Gasteiger partial charge in [-0.05, 0) is 44.8 Å². The summed E-state index contributed by atoms with van der Waals surface area (Å²) < 4.78 is 0. The fourth-order valence-electron chi connectivity index (χ4n) is 3.58. The lowest BCUT2D eigenvalue weighted by Gasteiger charge is -2.47. The van der Waals surface area contributed by atoms with Crippen LogP contribution >= 0.6 is 11.8 Å². The van der Waals surface area contributed by atoms with Crippen molar-refractivity contribution in [2.24, 2.45) is 5.92 Å². The molecule has 0 radical (unpaired) electrons. The van der Waals surface area contributed by atoms with Gasteiger partial charge in [-0.15, -0.1) is 0 Å². The molecule has 2 aliphatic rings. The third-order valence-electron chi connectivity index (χ3n) is 4.56. The zero-order chi connectivity index (χ0) is 15.8. The summed E-state index contributed by atoms with van der Waals surface area (Å²) in [5.74, 6) is 1.34. The van der Waals surface area contributed by atoms with E-state index in [1.807, 2.05) is 44.4 Å². The molecule has 3 unspecified atom stereocenters. The van der Waals surface area contributed by atoms with Crippen molar-refractivity contribution < 1.29 is 9.59 Å². The number of carbonyl (C=O) groups excluding carboxylic acids is 2. The summed E-state index contributed by atoms with van der Waals surface area (Å²) in [6, 6.07) is -0.0971. The van der Waals surface area contributed by atoms with E-state index >= 15 is 0 Å². The van der Waals surface area contributed by atoms with Gasteiger partial charge in [0.1, 0.15) is 11.6 Å². The van der Waals surface area contributed by atoms with Gasteiger partial charge >= 0.3 is 0 Å². The number of hydrogen-bond donors (Lipinski definition) is 1. The zero-order valence-electron chi connectivity index (χ0n) is 13.8. The minimum Gasteiger partial charge on any atom is -0.340 e. The fraction of sp³-hybridized carbons (Fsp3) is 0.875. The number of thioether (sulfide) groups is 1. The van der Waals surface area contributed by atoms with Crippen molar-refractivity contribution in [1.29, 1.82) is 0 Å². The monoisotopic (exact) mass is 312 g/mol. The number of nitrogens with zero attached hydrogens (tertiary/aromatic N) is 1. The molecule has 0 aromatic carbocycles. The van der Waals surface area contributed by atoms with Crippen LogP contribution in [0.1, 0.15) is 53.9 Å². The molecule has 1 saturated heterocycles. The minimum absolute atomic E-state index is 0.00111. The molecule has 1 aliphatic carbocycles. The second-order valence-corrected chi connectivity index (χ2v) is 8.64. The highest BCUT2D eigenvalue weighted by atomic mass is 32.2. The van der Waals surface area contributed by atoms with E-state index in [0.717, 1.165) is 25.0 Å². The molecule has 0 aromatic heterocycles. The van der Waals surface area contributed by atoms with Crippen molar-refractivity contribution in [2.45, 2.75) is 76.8 Å². The van der Waals surface area contributed by atoms with Gasteiger partial charge in [0.05, 0.1) is 0 Å². The highest BCUT2D eigenvalue weighted by molar-refractivity contribution is 7.99. The first-order valence-electron chi connectivity index (χ1n) is 8.04. The predicted octanol–water partition coefficient (Wildman–Crippen LogP) is 2.42. The van der Waals surface area contributed by atoms with Gasteiger partial charge in [0, 0.05) is 11.3 Å². The molecule has 5 heteroatoms. The molecule has 4 nitrogen and oxygen atoms in total. The van der Waals surface area contributed by atoms with Crippen LogP contribution in [0.2, 0.25) is 0 Å². The van der Waals surface area contributed by atoms with Gasteiger partial charge in [-0.1, -0.05) is 20.8 Å². The number of rotatable bonds is 4. The summed E-state index contributed by atoms with van der Waals surface area (Å²) in [6.45, 7) is 9.84. The van der Waals surface area contributed by atoms with Crippen LogP contribution in [0.25, 0.3) is 0 Å². The molecule has 21 heavy (non-hydrogen) atoms. The minimum atomic E-state index is -0.779. The van der Waals surface area contributed by atoms with E-state index in [9.17, 15) is 9.59 Å². The lowest BCUT2D eigenvalue weighted by Crippen LogP contribution is -2.70. The maximum atomic E-state index is 12.9. The fourth-order valence-corrected chi connectivity index (χ4v) is 4.72. The van der Waals surface area contributed by atoms with Crippen LogP contribution in [0.4, 0.5) is 0 Å². The summed E-state index contributed by atoms with van der Waals surface area (Å²) in [6.07, 6.45) is 3.20. The molecule has 2 fully saturated rings. The smallest absolute Gasteiger partial charge is 0.248 e. The number of piperazine rings is 1. The van der Waals surface area contributed by atoms with E-state index in [4.69, 9.17) is 0 Å². The number of amides is 2. The summed E-state index contributed by atoms with van der Waals surface area (Å²) in [7, 11) is 0. The van der Waals surface area contributed by atoms with Crippen LogP contribution in [0.5, 0.6) is 0 Å². The lowest BCUT2D eigenvalue weighted by molar-refractivity contribution is -0.158. The SMILES string of the molecule is CCSC1CCC(N2C(=O)C(C)(C)NC(=O)C2C(C)C)C1. The van der Waals surface area contributed by atoms with Crippen LogP contribution < -0.4 is 5.32 Å². The average molecular weight is 312 g/mol. The molecule has 3 atom stereocenters. The Bertz CT molecular complexity index is 423. The summed E-state index contributed by atoms with van der Waals surface area (Å²) in [4.78, 5) is 27.2. The van der Waals surface area contributed by atoms with Crippen LogP contribution in [-0.4, -0.2) is 45.3 Å². The molecular weight excluding hydrogens is 284 g/mol. The van der Waals surface area contributed by atoms with Crippen molar-refractivity contribution in [2.75, 3.05) is 5.75 Å². The quantitative estimate of drug-likeness (QED) is 0.867. The van der Waals surface area contributed by atoms with Gasteiger partial charge in [-0.25, -0.2) is 0 Å². The van der Waals surface area contributed by atoms with Gasteiger partial charge in [0.15, 0.2) is 0 Å². The molecule has 0 bridgehead atoms. The molecule has 0 spiro atoms. The average Bonchev–Trinajstić information content (AvgIpc) is 2.81. The van der Waals surface area contributed by atoms with Crippen molar-refractivity contribution in [1.82, 2.24) is 10.2 Å². The van der Waals surface area contributed by atoms with Gasteiger partial charge in [0.25, 0.3) is 0 Å². The Morgan fingerprint density at radius 3 is 2.57 bits per heavy atom. The van der Waals surface area contributed by atoms with Crippen LogP contribution in [0, 0.1) is 5.92 Å². The Balaban J connectivity index is 2.23. The van der Waals surface area contributed by atoms with E-state index in [2.05, 4.69) is 12.2 Å². The summed E-state index contributed by atoms with van der Waals surface area (Å²) in [5, 5.41) is 3.52. The van der Waals surface area contributed by atoms with Crippen LogP contribution in [-0.2, 0) is 9.59 Å². The Kier molecular flexibility index (Phi) is 4.91. The normalized spacial score (nSPS) is 32.7. The molecule has 1 saturated carbocycles. The van der Waals surface area contributed by atoms with Gasteiger partial charge in [0.2, 0.25) is 11.8 Å². The number of hydrogen-bond acceptors (Lipinski definition) is 3. The maximum Gasteiger partial charge on any atom is 0.248 e. The Morgan fingerprint density at radius 2 is 2.00 bits per heavy atom. The van der Waals surface area contributed by atoms with Crippen LogP contribution in [0.3, 0.4) is 0 Å². The van der Waals surface area contributed by atoms with Gasteiger partial charge in [-0.2, -0.15) is 11.8 Å². The van der Waals surface area contributed by atoms with E-state index in [1.54, 1.807) is 0 Å². The van der Waals surface area contributed by atoms with E-state index in [1.165, 1.54) is 0 Å². The first-order chi connectivity index (χ1) is 9.77. The van der Waals surface area contributed by atoms with Crippen LogP contribution in [0.15, 0.2) is 0 Å². The maximum absolute atomic E-state index is 12.9. The largest absolute Gasteiger partial charge is 0.340 e. The van der Waals surface area contributed by atoms with E-state index in [-0.39, 0.29) is 29.8 Å². The molecule has 2 rings (SSSR count). The van der Waals surface area contributed by atoms with Crippen molar-refractivity contribution in [3.8, 4) is 0 Å². The third-order valence-corrected chi connectivity index (χ3v) is 5.79. The first kappa shape index (κ1) is 16.7. The Labute approximate surface area is 132 Å². The molecule has 2 amide bonds. The molecule has 120 valence electrons. The molecule has 1 aliphatic heterocycles. The second kappa shape index (κ2) is 6.19. The Morgan fingerprint density at radius 1 is 1.33 bits per heavy atom. The predicted molar refractivity (Wildman–Crippen MR) is 87.3 cm³/mol. The number of nitrogens with one attached hydrogen (secondary N) is 1. The summed E-state index contributed by atoms with van der Waals surface area (Å²) >= 11 is 1.98. The zero-order valence-corrected chi connectivity index (χ0v) is 14.6. The van der Waals surface area contributed by atoms with Gasteiger partial charge in [-0.3, -0.25) is 9.59 Å². The van der Waals surface area contributed by atoms with Crippen molar-refractivity contribution in [3.63, 3.8) is 0 Å². The van der Waals surface area contributed by atoms with Crippen molar-refractivity contribution >= 4 is 23.6 Å². The molecular formula is C16H28N2O2S. The summed E-state index contributed by atoms with van der Waals surface area (Å²) in [5.41, 5.74) is -0.779. The second-order valence-electron chi connectivity index (χ2n) is 7.06. The first-order valence-corrected chi connectivity index (χ1v) is 9.09. The van der Waals surface area contributed by atoms with Crippen molar-refractivity contribution in [3.05, 3.63) is 0 Å². The molecule has 1 N–H and O–H groups in total. The topological polar surface area (TPSA) is 49.4 Å². The standard InChI is InChI=1S/C16H28N2O2S/c1-6-21-12-8-7-11(9-12)18-13(10(2)3)14(19)17-16(4,5)15(18)20/h10-13H,6-9H2,1-5H3,(H,17,19). The highest BCUT2D eigenvalue weighted by Crippen LogP contribution is 2.36. The lowest BCUT2D eigenvalue weighted by atomic mass is 9.89. The van der Waals surface area contributed by atoms with E-state index < -0.39 is 5.54 Å². The van der Waals surface area contributed by atoms with Gasteiger partial charge < -0.3 is 10.2 Å². The molecule has 0 aromatic rings. The highest BCUT2D eigenvalue weighted by Gasteiger charge is 2.49. The molecule has 1 heterocycles. The Hall–Kier alpha value is -0.710.